The molecule has 4 rings (SSSR count). The second kappa shape index (κ2) is 18.4. The molecule has 0 amide bonds. The molecule has 0 saturated heterocycles. The van der Waals surface area contributed by atoms with Gasteiger partial charge in [-0.3, -0.25) is 4.79 Å². The first-order valence-electron chi connectivity index (χ1n) is 10.8. The van der Waals surface area contributed by atoms with E-state index in [0.717, 1.165) is 6.29 Å². The fourth-order valence-corrected chi connectivity index (χ4v) is 3.93. The number of ether oxygens (including phenoxy) is 2. The number of aldehydes is 1. The predicted molar refractivity (Wildman–Crippen MR) is 160 cm³/mol. The summed E-state index contributed by atoms with van der Waals surface area (Å²) in [4.78, 5) is 26.3. The Labute approximate surface area is 247 Å². The third kappa shape index (κ3) is 11.4. The monoisotopic (exact) mass is 608 g/mol. The van der Waals surface area contributed by atoms with Crippen LogP contribution in [0.1, 0.15) is 35.0 Å². The van der Waals surface area contributed by atoms with Crippen LogP contribution in [0.15, 0.2) is 77.3 Å². The van der Waals surface area contributed by atoms with Gasteiger partial charge in [0.1, 0.15) is 34.2 Å². The molecule has 0 aliphatic heterocycles. The maximum atomic E-state index is 10.3. The lowest BCUT2D eigenvalue weighted by Gasteiger charge is -2.13. The standard InChI is InChI=1S/C13H13ClN2O2S.C8H8O2.C5H5ClN2S.CH4/c1-18-9-5-3-4-8(6-9)11(17)10-7-15-13(19-2)16-12(10)14;1-10-8-4-2-3-7(5-8)6-9;1-9-5-7-3-2-4(6)8-5;/h3-7,11,17H,1-2H3;2-6H,1H3;2-3H,1H3;1H4. The fourth-order valence-electron chi connectivity index (χ4n) is 2.76. The molecule has 0 fully saturated rings. The van der Waals surface area contributed by atoms with Crippen LogP contribution >= 0.6 is 46.7 Å². The number of methoxy groups -OCH3 is 2. The third-order valence-corrected chi connectivity index (χ3v) is 6.28. The first-order valence-corrected chi connectivity index (χ1v) is 14.1. The van der Waals surface area contributed by atoms with Crippen LogP contribution in [0.25, 0.3) is 0 Å². The summed E-state index contributed by atoms with van der Waals surface area (Å²) in [6.45, 7) is 0. The highest BCUT2D eigenvalue weighted by Crippen LogP contribution is 2.29. The number of benzene rings is 2. The fraction of sp³-hybridized carbons (Fsp3) is 0.222. The van der Waals surface area contributed by atoms with Gasteiger partial charge in [-0.2, -0.15) is 0 Å². The third-order valence-electron chi connectivity index (χ3n) is 4.64. The molecule has 2 aromatic carbocycles. The molecule has 0 aliphatic rings. The Bertz CT molecular complexity index is 1320. The number of aliphatic hydroxyl groups is 1. The SMILES string of the molecule is C.COc1cccc(C(O)c2cnc(SC)nc2Cl)c1.COc1cccc(C=O)c1.CSc1nccc(Cl)n1. The minimum atomic E-state index is -0.876. The number of aromatic nitrogens is 4. The van der Waals surface area contributed by atoms with E-state index in [-0.39, 0.29) is 12.6 Å². The van der Waals surface area contributed by atoms with E-state index in [9.17, 15) is 9.90 Å². The maximum Gasteiger partial charge on any atom is 0.188 e. The molecule has 12 heteroatoms. The predicted octanol–water partition coefficient (Wildman–Crippen LogP) is 6.94. The van der Waals surface area contributed by atoms with Crippen molar-refractivity contribution in [2.75, 3.05) is 26.7 Å². The van der Waals surface area contributed by atoms with E-state index in [2.05, 4.69) is 19.9 Å². The van der Waals surface area contributed by atoms with E-state index in [4.69, 9.17) is 32.7 Å². The number of halogens is 2. The first-order chi connectivity index (χ1) is 18.3. The molecule has 0 radical (unpaired) electrons. The van der Waals surface area contributed by atoms with E-state index >= 15 is 0 Å². The summed E-state index contributed by atoms with van der Waals surface area (Å²) in [5.41, 5.74) is 1.80. The topological polar surface area (TPSA) is 107 Å². The van der Waals surface area contributed by atoms with Crippen LogP contribution in [0.5, 0.6) is 11.5 Å². The van der Waals surface area contributed by atoms with E-state index in [1.165, 1.54) is 23.5 Å². The molecular formula is C27H30Cl2N4O4S2. The molecule has 8 nitrogen and oxygen atoms in total. The van der Waals surface area contributed by atoms with Gasteiger partial charge in [-0.05, 0) is 48.4 Å². The van der Waals surface area contributed by atoms with E-state index in [1.54, 1.807) is 69.1 Å². The normalized spacial score (nSPS) is 10.4. The van der Waals surface area contributed by atoms with Gasteiger partial charge in [-0.25, -0.2) is 19.9 Å². The van der Waals surface area contributed by atoms with Gasteiger partial charge in [0.15, 0.2) is 10.3 Å². The zero-order chi connectivity index (χ0) is 27.9. The molecule has 208 valence electrons. The lowest BCUT2D eigenvalue weighted by molar-refractivity contribution is 0.112. The van der Waals surface area contributed by atoms with Crippen molar-refractivity contribution in [3.05, 3.63) is 94.0 Å². The van der Waals surface area contributed by atoms with Gasteiger partial charge in [0, 0.05) is 23.5 Å². The molecule has 1 unspecified atom stereocenters. The molecule has 1 atom stereocenters. The molecule has 1 N–H and O–H groups in total. The number of rotatable bonds is 7. The molecule has 0 saturated carbocycles. The Morgan fingerprint density at radius 3 is 2.05 bits per heavy atom. The lowest BCUT2D eigenvalue weighted by Crippen LogP contribution is -2.03. The minimum absolute atomic E-state index is 0. The van der Waals surface area contributed by atoms with Gasteiger partial charge in [-0.1, -0.05) is 78.4 Å². The van der Waals surface area contributed by atoms with Gasteiger partial charge in [0.05, 0.1) is 14.2 Å². The summed E-state index contributed by atoms with van der Waals surface area (Å²) < 4.78 is 10.0. The van der Waals surface area contributed by atoms with Crippen LogP contribution in [-0.2, 0) is 0 Å². The van der Waals surface area contributed by atoms with Gasteiger partial charge >= 0.3 is 0 Å². The van der Waals surface area contributed by atoms with Crippen LogP contribution < -0.4 is 9.47 Å². The molecule has 2 heterocycles. The quantitative estimate of drug-likeness (QED) is 0.103. The number of thioether (sulfide) groups is 2. The van der Waals surface area contributed by atoms with Crippen molar-refractivity contribution >= 4 is 53.0 Å². The summed E-state index contributed by atoms with van der Waals surface area (Å²) in [6, 6.07) is 15.8. The number of hydrogen-bond acceptors (Lipinski definition) is 10. The Morgan fingerprint density at radius 2 is 1.51 bits per heavy atom. The van der Waals surface area contributed by atoms with Crippen molar-refractivity contribution in [1.82, 2.24) is 19.9 Å². The van der Waals surface area contributed by atoms with Crippen LogP contribution in [0, 0.1) is 0 Å². The van der Waals surface area contributed by atoms with Crippen LogP contribution in [0.4, 0.5) is 0 Å². The second-order valence-electron chi connectivity index (χ2n) is 7.04. The zero-order valence-corrected chi connectivity index (χ0v) is 24.2. The molecule has 2 aromatic heterocycles. The lowest BCUT2D eigenvalue weighted by atomic mass is 10.0. The number of carbonyl (C=O) groups is 1. The van der Waals surface area contributed by atoms with E-state index in [0.29, 0.717) is 43.7 Å². The molecule has 0 spiro atoms. The van der Waals surface area contributed by atoms with E-state index < -0.39 is 6.10 Å². The minimum Gasteiger partial charge on any atom is -0.497 e. The molecule has 0 aliphatic carbocycles. The maximum absolute atomic E-state index is 10.3. The summed E-state index contributed by atoms with van der Waals surface area (Å²) in [5, 5.41) is 12.4. The van der Waals surface area contributed by atoms with Crippen molar-refractivity contribution in [3.63, 3.8) is 0 Å². The number of aliphatic hydroxyl groups excluding tert-OH is 1. The molecule has 4 aromatic rings. The Balaban J connectivity index is 0.000000321. The average molecular weight is 610 g/mol. The molecular weight excluding hydrogens is 579 g/mol. The number of hydrogen-bond donors (Lipinski definition) is 1. The largest absolute Gasteiger partial charge is 0.497 e. The van der Waals surface area contributed by atoms with Crippen molar-refractivity contribution < 1.29 is 19.4 Å². The summed E-state index contributed by atoms with van der Waals surface area (Å²) >= 11 is 14.5. The van der Waals surface area contributed by atoms with Crippen molar-refractivity contribution in [2.45, 2.75) is 23.8 Å². The molecule has 39 heavy (non-hydrogen) atoms. The van der Waals surface area contributed by atoms with Crippen molar-refractivity contribution in [3.8, 4) is 11.5 Å². The Hall–Kier alpha value is -2.89. The van der Waals surface area contributed by atoms with Crippen LogP contribution in [-0.4, -0.2) is 58.1 Å². The number of nitrogens with zero attached hydrogens (tertiary/aromatic N) is 4. The van der Waals surface area contributed by atoms with Gasteiger partial charge in [-0.15, -0.1) is 0 Å². The highest BCUT2D eigenvalue weighted by atomic mass is 35.5. The van der Waals surface area contributed by atoms with Crippen LogP contribution in [0.3, 0.4) is 0 Å². The summed E-state index contributed by atoms with van der Waals surface area (Å²) in [5.74, 6) is 1.39. The first kappa shape index (κ1) is 34.1. The average Bonchev–Trinajstić information content (AvgIpc) is 2.97. The number of carbonyl (C=O) groups excluding carboxylic acids is 1. The van der Waals surface area contributed by atoms with Gasteiger partial charge in [0.2, 0.25) is 0 Å². The van der Waals surface area contributed by atoms with Crippen molar-refractivity contribution in [2.24, 2.45) is 0 Å². The molecule has 0 bridgehead atoms. The van der Waals surface area contributed by atoms with Crippen LogP contribution in [0.2, 0.25) is 10.3 Å². The Morgan fingerprint density at radius 1 is 0.897 bits per heavy atom. The second-order valence-corrected chi connectivity index (χ2v) is 9.33. The summed E-state index contributed by atoms with van der Waals surface area (Å²) in [6.07, 6.45) is 6.88. The van der Waals surface area contributed by atoms with E-state index in [1.807, 2.05) is 24.6 Å². The Kier molecular flexibility index (Phi) is 16.1. The van der Waals surface area contributed by atoms with Gasteiger partial charge < -0.3 is 14.6 Å². The van der Waals surface area contributed by atoms with Gasteiger partial charge in [0.25, 0.3) is 0 Å². The zero-order valence-electron chi connectivity index (χ0n) is 21.0. The smallest absolute Gasteiger partial charge is 0.188 e. The van der Waals surface area contributed by atoms with Crippen molar-refractivity contribution in [1.29, 1.82) is 0 Å². The highest BCUT2D eigenvalue weighted by Gasteiger charge is 2.16. The highest BCUT2D eigenvalue weighted by molar-refractivity contribution is 7.98. The summed E-state index contributed by atoms with van der Waals surface area (Å²) in [7, 11) is 3.15.